The molecule has 18 atom stereocenters. The van der Waals surface area contributed by atoms with E-state index in [0.717, 1.165) is 4.90 Å². The molecule has 14 nitrogen and oxygen atoms in total. The molecule has 3 aliphatic heterocycles. The standard InChI is InChI=1S/C38H69NO13/c1-15-26-38(10,45)31(42)21(4)28(40)19(2)17-37(9,47-14)33(52-35-29(41)25(39(11)12)16-20(3)48-35)22(5)30(23(6)34(44)50-26)51-27-18-36(8,46-13)32(43)24(7)49-27/h19-27,29-33,35,41-43,45H,15-18H2,1-14H3/t19-,20-,21+,22+,23-,24+,25+,26-,27+,29-,30+,31-,32+,33-,35+,36-,37?,38-/m1/s1/i11+1D3. The van der Waals surface area contributed by atoms with Gasteiger partial charge < -0.3 is 58.5 Å². The molecule has 3 aliphatic rings. The van der Waals surface area contributed by atoms with Crippen LogP contribution >= 0.6 is 0 Å². The van der Waals surface area contributed by atoms with E-state index in [9.17, 15) is 30.0 Å². The van der Waals surface area contributed by atoms with E-state index in [0.29, 0.717) is 0 Å². The molecule has 1 unspecified atom stereocenters. The summed E-state index contributed by atoms with van der Waals surface area (Å²) in [5.74, 6) is -4.95. The molecule has 0 aromatic carbocycles. The highest BCUT2D eigenvalue weighted by Gasteiger charge is 2.54. The predicted molar refractivity (Wildman–Crippen MR) is 191 cm³/mol. The molecule has 0 amide bonds. The number of esters is 1. The highest BCUT2D eigenvalue weighted by atomic mass is 16.7. The van der Waals surface area contributed by atoms with Crippen molar-refractivity contribution in [2.24, 2.45) is 23.7 Å². The van der Waals surface area contributed by atoms with Crippen LogP contribution < -0.4 is 0 Å². The lowest BCUT2D eigenvalue weighted by Gasteiger charge is -2.50. The average molecular weight is 752 g/mol. The number of hydrogen-bond acceptors (Lipinski definition) is 14. The summed E-state index contributed by atoms with van der Waals surface area (Å²) < 4.78 is 67.6. The van der Waals surface area contributed by atoms with E-state index in [1.807, 2.05) is 0 Å². The van der Waals surface area contributed by atoms with E-state index in [1.165, 1.54) is 35.1 Å². The van der Waals surface area contributed by atoms with Gasteiger partial charge >= 0.3 is 5.97 Å². The number of carbonyl (C=O) groups excluding carboxylic acids is 2. The maximum Gasteiger partial charge on any atom is 0.311 e. The second-order valence-electron chi connectivity index (χ2n) is 16.3. The molecule has 3 fully saturated rings. The highest BCUT2D eigenvalue weighted by Crippen LogP contribution is 2.41. The van der Waals surface area contributed by atoms with E-state index in [-0.39, 0.29) is 31.5 Å². The summed E-state index contributed by atoms with van der Waals surface area (Å²) in [4.78, 5) is 29.3. The average Bonchev–Trinajstić information content (AvgIpc) is 3.11. The van der Waals surface area contributed by atoms with Crippen LogP contribution in [0, 0.1) is 23.7 Å². The first-order chi connectivity index (χ1) is 25.2. The van der Waals surface area contributed by atoms with E-state index in [1.54, 1.807) is 55.4 Å². The van der Waals surface area contributed by atoms with Gasteiger partial charge in [-0.15, -0.1) is 0 Å². The van der Waals surface area contributed by atoms with E-state index < -0.39 is 121 Å². The maximum absolute atomic E-state index is 14.2. The zero-order chi connectivity index (χ0) is 42.2. The van der Waals surface area contributed by atoms with E-state index >= 15 is 0 Å². The monoisotopic (exact) mass is 751 g/mol. The quantitative estimate of drug-likeness (QED) is 0.210. The van der Waals surface area contributed by atoms with Gasteiger partial charge in [-0.2, -0.15) is 0 Å². The first kappa shape index (κ1) is 40.4. The third-order valence-electron chi connectivity index (χ3n) is 12.1. The summed E-state index contributed by atoms with van der Waals surface area (Å²) in [5, 5.41) is 45.7. The van der Waals surface area contributed by atoms with Gasteiger partial charge in [-0.05, 0) is 74.8 Å². The second kappa shape index (κ2) is 17.7. The zero-order valence-corrected chi connectivity index (χ0v) is 33.4. The fourth-order valence-corrected chi connectivity index (χ4v) is 8.46. The lowest BCUT2D eigenvalue weighted by Crippen LogP contribution is -2.61. The predicted octanol–water partition coefficient (Wildman–Crippen LogP) is 2.44. The molecule has 3 saturated heterocycles. The number of Topliss-reactive ketones (excluding diaryl/α,β-unsaturated/α-hetero) is 1. The summed E-state index contributed by atoms with van der Waals surface area (Å²) in [5.41, 5.74) is -4.47. The lowest BCUT2D eigenvalue weighted by molar-refractivity contribution is -0.319. The first-order valence-corrected chi connectivity index (χ1v) is 18.7. The van der Waals surface area contributed by atoms with Gasteiger partial charge in [0, 0.05) is 48.5 Å². The molecule has 52 heavy (non-hydrogen) atoms. The number of aliphatic hydroxyl groups is 4. The molecule has 304 valence electrons. The summed E-state index contributed by atoms with van der Waals surface area (Å²) in [6.07, 6.45) is -10.8. The Labute approximate surface area is 314 Å². The number of ketones is 1. The minimum absolute atomic E-state index is 0.0150. The molecule has 3 heterocycles. The maximum atomic E-state index is 14.2. The fourth-order valence-electron chi connectivity index (χ4n) is 8.46. The highest BCUT2D eigenvalue weighted by molar-refractivity contribution is 5.83. The van der Waals surface area contributed by atoms with Crippen LogP contribution in [0.15, 0.2) is 0 Å². The Balaban J connectivity index is 2.24. The Morgan fingerprint density at radius 3 is 2.08 bits per heavy atom. The zero-order valence-electron chi connectivity index (χ0n) is 36.4. The molecule has 0 aromatic rings. The molecule has 0 radical (unpaired) electrons. The van der Waals surface area contributed by atoms with Crippen molar-refractivity contribution in [3.8, 4) is 0 Å². The van der Waals surface area contributed by atoms with E-state index in [4.69, 9.17) is 37.3 Å². The van der Waals surface area contributed by atoms with Crippen LogP contribution in [0.2, 0.25) is 0 Å². The Morgan fingerprint density at radius 1 is 0.904 bits per heavy atom. The topological polar surface area (TPSA) is 183 Å². The number of nitrogens with zero attached hydrogens (tertiary/aromatic N) is 1. The van der Waals surface area contributed by atoms with Crippen molar-refractivity contribution in [2.75, 3.05) is 28.2 Å². The Bertz CT molecular complexity index is 1290. The SMILES string of the molecule is [2H][13C]([2H])([2H])N(C)[C@H]1C[C@@H](C)O[C@@H](O[C@@H]2[C@@H](C)[C@H](O[C@H]3C[C@@](C)(OC)[C@@H](O)[C@H](C)O3)[C@@H](C)C(=O)O[C@H](CC)[C@@](C)(O)[C@H](O)[C@@H](C)C(=O)[C@H](C)CC2(C)OC)[C@@H]1O. The molecule has 0 bridgehead atoms. The van der Waals surface area contributed by atoms with Gasteiger partial charge in [0.2, 0.25) is 0 Å². The van der Waals surface area contributed by atoms with Crippen molar-refractivity contribution in [3.05, 3.63) is 0 Å². The largest absolute Gasteiger partial charge is 0.459 e. The summed E-state index contributed by atoms with van der Waals surface area (Å²) in [6.45, 7) is 13.9. The van der Waals surface area contributed by atoms with Gasteiger partial charge in [0.05, 0.1) is 47.6 Å². The van der Waals surface area contributed by atoms with Crippen LogP contribution in [0.3, 0.4) is 0 Å². The lowest BCUT2D eigenvalue weighted by atomic mass is 9.74. The van der Waals surface area contributed by atoms with Gasteiger partial charge in [-0.25, -0.2) is 0 Å². The van der Waals surface area contributed by atoms with Gasteiger partial charge in [-0.3, -0.25) is 9.59 Å². The number of aliphatic hydroxyl groups excluding tert-OH is 3. The minimum Gasteiger partial charge on any atom is -0.459 e. The summed E-state index contributed by atoms with van der Waals surface area (Å²) in [7, 11) is 4.31. The molecule has 3 rings (SSSR count). The number of cyclic esters (lactones) is 1. The number of methoxy groups -OCH3 is 2. The van der Waals surface area contributed by atoms with Crippen molar-refractivity contribution in [1.29, 1.82) is 0 Å². The molecule has 0 spiro atoms. The Hall–Kier alpha value is -1.30. The minimum atomic E-state index is -2.53. The molecular formula is C38H69NO13. The number of ether oxygens (including phenoxy) is 7. The smallest absolute Gasteiger partial charge is 0.311 e. The second-order valence-corrected chi connectivity index (χ2v) is 16.3. The van der Waals surface area contributed by atoms with Crippen molar-refractivity contribution >= 4 is 11.8 Å². The fraction of sp³-hybridized carbons (Fsp3) is 0.947. The van der Waals surface area contributed by atoms with Crippen LogP contribution in [0.5, 0.6) is 0 Å². The van der Waals surface area contributed by atoms with Crippen LogP contribution in [0.25, 0.3) is 0 Å². The molecule has 14 heteroatoms. The third-order valence-corrected chi connectivity index (χ3v) is 12.1. The number of hydrogen-bond donors (Lipinski definition) is 4. The summed E-state index contributed by atoms with van der Waals surface area (Å²) in [6, 6.07) is -0.887. The third kappa shape index (κ3) is 9.38. The van der Waals surface area contributed by atoms with Crippen molar-refractivity contribution in [1.82, 2.24) is 4.90 Å². The number of rotatable bonds is 8. The first-order valence-electron chi connectivity index (χ1n) is 20.2. The van der Waals surface area contributed by atoms with Crippen molar-refractivity contribution in [2.45, 2.75) is 179 Å². The number of carbonyl (C=O) groups is 2. The van der Waals surface area contributed by atoms with Crippen molar-refractivity contribution < 1.29 is 67.3 Å². The molecule has 0 aromatic heterocycles. The van der Waals surface area contributed by atoms with Gasteiger partial charge in [-0.1, -0.05) is 27.7 Å². The van der Waals surface area contributed by atoms with Gasteiger partial charge in [0.1, 0.15) is 29.7 Å². The number of likely N-dealkylation sites (N-methyl/N-ethyl adjacent to an activating group) is 1. The summed E-state index contributed by atoms with van der Waals surface area (Å²) >= 11 is 0. The van der Waals surface area contributed by atoms with Gasteiger partial charge in [0.15, 0.2) is 12.6 Å². The molecule has 0 saturated carbocycles. The molecule has 4 N–H and O–H groups in total. The Morgan fingerprint density at radius 2 is 1.52 bits per heavy atom. The van der Waals surface area contributed by atoms with Crippen LogP contribution in [-0.4, -0.2) is 150 Å². The molecule has 0 aliphatic carbocycles. The van der Waals surface area contributed by atoms with Crippen LogP contribution in [0.4, 0.5) is 0 Å². The van der Waals surface area contributed by atoms with Crippen LogP contribution in [0.1, 0.15) is 99.0 Å². The molecular weight excluding hydrogens is 679 g/mol. The van der Waals surface area contributed by atoms with Crippen LogP contribution in [-0.2, 0) is 42.7 Å². The van der Waals surface area contributed by atoms with E-state index in [2.05, 4.69) is 0 Å². The van der Waals surface area contributed by atoms with Crippen molar-refractivity contribution in [3.63, 3.8) is 0 Å². The normalized spacial score (nSPS) is 50.1. The Kier molecular flexibility index (Phi) is 13.7. The van der Waals surface area contributed by atoms with Gasteiger partial charge in [0.25, 0.3) is 0 Å².